The third kappa shape index (κ3) is 10.6. The van der Waals surface area contributed by atoms with E-state index in [0.29, 0.717) is 23.3 Å². The molecule has 0 atom stereocenters. The topological polar surface area (TPSA) is 319 Å². The van der Waals surface area contributed by atoms with Gasteiger partial charge in [0.05, 0.1) is 21.2 Å². The van der Waals surface area contributed by atoms with Gasteiger partial charge in [0.1, 0.15) is 41.4 Å². The van der Waals surface area contributed by atoms with Crippen LogP contribution in [-0.2, 0) is 40.5 Å². The number of hydrogen-bond donors (Lipinski definition) is 2. The minimum Gasteiger partial charge on any atom is -0.871 e. The fourth-order valence-electron chi connectivity index (χ4n) is 4.03. The average molecular weight is 896 g/mol. The molecule has 0 aliphatic carbocycles. The summed E-state index contributed by atoms with van der Waals surface area (Å²) in [6.07, 6.45) is 0. The first-order chi connectivity index (χ1) is 21.0. The van der Waals surface area contributed by atoms with Crippen molar-refractivity contribution in [3.63, 3.8) is 0 Å². The molecule has 2 N–H and O–H groups in total. The van der Waals surface area contributed by atoms with Crippen LogP contribution in [0.25, 0.3) is 10.8 Å². The van der Waals surface area contributed by atoms with Crippen LogP contribution in [0.1, 0.15) is 11.1 Å². The first-order valence-electron chi connectivity index (χ1n) is 11.9. The molecule has 25 heteroatoms. The number of azo groups is 2. The SMILES string of the molecule is Cc1ccc(N=Nc2c(S(=O)(=O)O)cc3cc(S(=O)(=O)O)c(N=Nc4ccc(C)cc4S(=O)(=O)[O-])c([O-])c3c2[O-])c(S(=O)(=O)[O-])c1.[Ba+2].[Na+].[Na+]. The maximum absolute atomic E-state index is 13.5. The summed E-state index contributed by atoms with van der Waals surface area (Å²) in [5.74, 6) is -3.26. The molecular formula is C24H16BaN4Na2O14S4. The number of nitrogens with zero attached hydrogens (tertiary/aromatic N) is 4. The van der Waals surface area contributed by atoms with Crippen LogP contribution in [0.4, 0.5) is 22.7 Å². The van der Waals surface area contributed by atoms with Crippen molar-refractivity contribution in [2.75, 3.05) is 0 Å². The maximum Gasteiger partial charge on any atom is 2.00 e. The van der Waals surface area contributed by atoms with E-state index in [0.717, 1.165) is 24.3 Å². The minimum absolute atomic E-state index is 0. The van der Waals surface area contributed by atoms with Crippen LogP contribution in [0.2, 0.25) is 0 Å². The Morgan fingerprint density at radius 1 is 0.551 bits per heavy atom. The van der Waals surface area contributed by atoms with Gasteiger partial charge in [-0.3, -0.25) is 9.11 Å². The molecule has 4 aromatic carbocycles. The zero-order chi connectivity index (χ0) is 34.6. The van der Waals surface area contributed by atoms with Gasteiger partial charge in [-0.2, -0.15) is 16.8 Å². The van der Waals surface area contributed by atoms with Crippen molar-refractivity contribution in [2.45, 2.75) is 33.4 Å². The molecule has 0 aliphatic heterocycles. The van der Waals surface area contributed by atoms with Crippen molar-refractivity contribution in [3.8, 4) is 11.5 Å². The summed E-state index contributed by atoms with van der Waals surface area (Å²) in [6, 6.07) is 7.18. The number of fused-ring (bicyclic) bond motifs is 1. The summed E-state index contributed by atoms with van der Waals surface area (Å²) >= 11 is 0. The van der Waals surface area contributed by atoms with Gasteiger partial charge < -0.3 is 19.3 Å². The summed E-state index contributed by atoms with van der Waals surface area (Å²) in [6.45, 7) is 2.85. The Kier molecular flexibility index (Phi) is 15.9. The van der Waals surface area contributed by atoms with Crippen molar-refractivity contribution in [1.29, 1.82) is 0 Å². The van der Waals surface area contributed by atoms with Crippen molar-refractivity contribution in [3.05, 3.63) is 59.7 Å². The predicted molar refractivity (Wildman–Crippen MR) is 155 cm³/mol. The fourth-order valence-corrected chi connectivity index (χ4v) is 6.73. The van der Waals surface area contributed by atoms with E-state index < -0.39 is 105 Å². The van der Waals surface area contributed by atoms with Gasteiger partial charge in [0.2, 0.25) is 0 Å². The van der Waals surface area contributed by atoms with E-state index in [-0.39, 0.29) is 108 Å². The average Bonchev–Trinajstić information content (AvgIpc) is 2.90. The van der Waals surface area contributed by atoms with Crippen LogP contribution < -0.4 is 69.3 Å². The molecule has 0 amide bonds. The molecule has 0 saturated heterocycles. The van der Waals surface area contributed by atoms with E-state index >= 15 is 0 Å². The summed E-state index contributed by atoms with van der Waals surface area (Å²) in [7, 11) is -21.2. The summed E-state index contributed by atoms with van der Waals surface area (Å²) in [5, 5.41) is 38.8. The van der Waals surface area contributed by atoms with Crippen LogP contribution in [0.3, 0.4) is 0 Å². The number of benzene rings is 4. The molecule has 0 fully saturated rings. The van der Waals surface area contributed by atoms with Crippen LogP contribution in [0, 0.1) is 13.8 Å². The molecule has 0 radical (unpaired) electrons. The Morgan fingerprint density at radius 3 is 1.16 bits per heavy atom. The van der Waals surface area contributed by atoms with Crippen LogP contribution in [0.15, 0.2) is 88.6 Å². The second-order valence-electron chi connectivity index (χ2n) is 9.40. The Labute approximate surface area is 363 Å². The van der Waals surface area contributed by atoms with Gasteiger partial charge >= 0.3 is 108 Å². The molecule has 4 aromatic rings. The van der Waals surface area contributed by atoms with Crippen LogP contribution >= 0.6 is 0 Å². The Bertz CT molecular complexity index is 2310. The van der Waals surface area contributed by atoms with Gasteiger partial charge in [0.25, 0.3) is 20.2 Å². The quantitative estimate of drug-likeness (QED) is 0.0980. The number of rotatable bonds is 8. The standard InChI is InChI=1S/C24H20N4O14S4.Ba.2Na/c1-11-3-5-14(16(7-11)43(31,32)33)25-27-21-18(45(37,38)39)9-13-10-19(46(40,41)42)22(24(30)20(13)23(21)29)28-26-15-6-4-12(2)8-17(15)44(34,35)36;;;/h3-10,29-30H,1-2H3,(H,31,32,33)(H,34,35,36)(H,37,38,39)(H,40,41,42);;;/q;+2;2*+1/p-4. The third-order valence-electron chi connectivity index (χ3n) is 6.05. The molecular weight excluding hydrogens is 880 g/mol. The van der Waals surface area contributed by atoms with Gasteiger partial charge in [0.15, 0.2) is 0 Å². The van der Waals surface area contributed by atoms with E-state index in [1.165, 1.54) is 26.0 Å². The zero-order valence-electron chi connectivity index (χ0n) is 25.5. The molecule has 0 aromatic heterocycles. The monoisotopic (exact) mass is 896 g/mol. The van der Waals surface area contributed by atoms with Gasteiger partial charge in [0, 0.05) is 0 Å². The zero-order valence-corrected chi connectivity index (χ0v) is 37.2. The summed E-state index contributed by atoms with van der Waals surface area (Å²) in [4.78, 5) is -4.52. The van der Waals surface area contributed by atoms with Crippen LogP contribution in [0.5, 0.6) is 11.5 Å². The molecule has 0 heterocycles. The molecule has 49 heavy (non-hydrogen) atoms. The van der Waals surface area contributed by atoms with E-state index in [1.54, 1.807) is 0 Å². The van der Waals surface area contributed by atoms with Crippen molar-refractivity contribution in [2.24, 2.45) is 20.5 Å². The Hall–Kier alpha value is -0.849. The van der Waals surface area contributed by atoms with E-state index in [4.69, 9.17) is 0 Å². The van der Waals surface area contributed by atoms with Crippen LogP contribution in [-0.4, -0.2) is 101 Å². The number of hydrogen-bond acceptors (Lipinski definition) is 16. The number of aryl methyl sites for hydroxylation is 2. The van der Waals surface area contributed by atoms with E-state index in [1.807, 2.05) is 0 Å². The summed E-state index contributed by atoms with van der Waals surface area (Å²) < 4.78 is 138. The molecule has 0 bridgehead atoms. The third-order valence-corrected chi connectivity index (χ3v) is 9.52. The smallest absolute Gasteiger partial charge is 0.871 e. The molecule has 0 unspecified atom stereocenters. The first-order valence-corrected chi connectivity index (χ1v) is 17.6. The predicted octanol–water partition coefficient (Wildman–Crippen LogP) is -3.64. The van der Waals surface area contributed by atoms with Crippen molar-refractivity contribution >= 4 is 123 Å². The Morgan fingerprint density at radius 2 is 0.878 bits per heavy atom. The molecule has 4 rings (SSSR count). The Balaban J connectivity index is 0.00000400. The minimum atomic E-state index is -5.41. The second-order valence-corrected chi connectivity index (χ2v) is 14.9. The molecule has 0 aliphatic rings. The van der Waals surface area contributed by atoms with E-state index in [2.05, 4.69) is 20.5 Å². The maximum atomic E-state index is 13.5. The largest absolute Gasteiger partial charge is 2.00 e. The van der Waals surface area contributed by atoms with Gasteiger partial charge in [-0.15, -0.1) is 20.5 Å². The van der Waals surface area contributed by atoms with Crippen molar-refractivity contribution < 1.29 is 121 Å². The first kappa shape index (κ1) is 46.2. The van der Waals surface area contributed by atoms with Gasteiger partial charge in [-0.1, -0.05) is 23.6 Å². The fraction of sp³-hybridized carbons (Fsp3) is 0.0833. The molecule has 0 spiro atoms. The normalized spacial score (nSPS) is 12.4. The summed E-state index contributed by atoms with van der Waals surface area (Å²) in [5.41, 5.74) is -3.32. The van der Waals surface area contributed by atoms with Gasteiger partial charge in [-0.25, -0.2) is 16.8 Å². The molecule has 0 saturated carbocycles. The second kappa shape index (κ2) is 16.9. The van der Waals surface area contributed by atoms with E-state index in [9.17, 15) is 62.1 Å². The van der Waals surface area contributed by atoms with Gasteiger partial charge in [-0.05, 0) is 72.1 Å². The molecule has 18 nitrogen and oxygen atoms in total. The van der Waals surface area contributed by atoms with Crippen molar-refractivity contribution in [1.82, 2.24) is 0 Å². The molecule has 244 valence electrons.